The number of nitrogens with one attached hydrogen (secondary N) is 1. The zero-order chi connectivity index (χ0) is 19.6. The van der Waals surface area contributed by atoms with Gasteiger partial charge in [-0.05, 0) is 30.7 Å². The van der Waals surface area contributed by atoms with Crippen LogP contribution in [0, 0.1) is 0 Å². The fourth-order valence-corrected chi connectivity index (χ4v) is 3.13. The minimum absolute atomic E-state index is 0.313. The number of hydrogen-bond acceptors (Lipinski definition) is 5. The van der Waals surface area contributed by atoms with E-state index in [2.05, 4.69) is 5.32 Å². The summed E-state index contributed by atoms with van der Waals surface area (Å²) in [5.74, 6) is -0.700. The first-order valence-electron chi connectivity index (χ1n) is 8.51. The van der Waals surface area contributed by atoms with Gasteiger partial charge in [0.15, 0.2) is 0 Å². The second-order valence-corrected chi connectivity index (χ2v) is 6.00. The Hall–Kier alpha value is -3.35. The molecule has 0 aliphatic carbocycles. The number of para-hydroxylation sites is 1. The van der Waals surface area contributed by atoms with Crippen LogP contribution in [0.1, 0.15) is 23.7 Å². The number of carbonyl (C=O) groups is 3. The zero-order valence-electron chi connectivity index (χ0n) is 15.3. The fraction of sp³-hybridized carbons (Fsp3) is 0.250. The molecular formula is C20H20N2O5. The Morgan fingerprint density at radius 2 is 1.85 bits per heavy atom. The first-order valence-corrected chi connectivity index (χ1v) is 8.51. The maximum Gasteiger partial charge on any atom is 0.300 e. The molecule has 140 valence electrons. The molecule has 2 aromatic rings. The van der Waals surface area contributed by atoms with E-state index in [1.807, 2.05) is 0 Å². The number of ether oxygens (including phenoxy) is 2. The second-order valence-electron chi connectivity index (χ2n) is 6.00. The van der Waals surface area contributed by atoms with Crippen LogP contribution < -0.4 is 19.7 Å². The molecule has 2 amide bonds. The van der Waals surface area contributed by atoms with Crippen molar-refractivity contribution < 1.29 is 23.9 Å². The van der Waals surface area contributed by atoms with Crippen LogP contribution in [-0.4, -0.2) is 37.9 Å². The molecule has 0 fully saturated rings. The number of nitrogens with zero attached hydrogens (tertiary/aromatic N) is 1. The molecule has 0 saturated carbocycles. The minimum atomic E-state index is -0.832. The third-order valence-electron chi connectivity index (χ3n) is 4.49. The van der Waals surface area contributed by atoms with E-state index in [4.69, 9.17) is 9.47 Å². The maximum absolute atomic E-state index is 12.9. The van der Waals surface area contributed by atoms with Gasteiger partial charge in [0, 0.05) is 6.07 Å². The molecule has 7 heteroatoms. The number of carbonyl (C=O) groups excluding carboxylic acids is 3. The number of amides is 2. The number of methoxy groups -OCH3 is 2. The van der Waals surface area contributed by atoms with Crippen LogP contribution in [0.3, 0.4) is 0 Å². The number of ketones is 1. The lowest BCUT2D eigenvalue weighted by atomic mass is 10.1. The van der Waals surface area contributed by atoms with Crippen molar-refractivity contribution in [3.8, 4) is 11.5 Å². The summed E-state index contributed by atoms with van der Waals surface area (Å²) < 4.78 is 10.5. The molecule has 7 nitrogen and oxygen atoms in total. The predicted octanol–water partition coefficient (Wildman–Crippen LogP) is 2.65. The Kier molecular flexibility index (Phi) is 5.12. The molecule has 0 radical (unpaired) electrons. The highest BCUT2D eigenvalue weighted by atomic mass is 16.5. The summed E-state index contributed by atoms with van der Waals surface area (Å²) in [6, 6.07) is 10.9. The number of benzene rings is 2. The van der Waals surface area contributed by atoms with Crippen LogP contribution in [0.2, 0.25) is 0 Å². The first-order chi connectivity index (χ1) is 13.0. The molecule has 2 aromatic carbocycles. The molecule has 1 atom stereocenters. The van der Waals surface area contributed by atoms with Crippen LogP contribution in [0.5, 0.6) is 11.5 Å². The monoisotopic (exact) mass is 368 g/mol. The molecule has 1 aliphatic heterocycles. The summed E-state index contributed by atoms with van der Waals surface area (Å²) in [5.41, 5.74) is 1.19. The molecule has 1 heterocycles. The highest BCUT2D eigenvalue weighted by Gasteiger charge is 2.41. The van der Waals surface area contributed by atoms with E-state index in [9.17, 15) is 14.4 Å². The Balaban J connectivity index is 1.92. The van der Waals surface area contributed by atoms with Crippen molar-refractivity contribution in [2.75, 3.05) is 24.4 Å². The minimum Gasteiger partial charge on any atom is -0.497 e. The van der Waals surface area contributed by atoms with Crippen LogP contribution in [0.15, 0.2) is 42.5 Å². The molecule has 0 spiro atoms. The van der Waals surface area contributed by atoms with E-state index in [0.29, 0.717) is 34.9 Å². The standard InChI is InChI=1S/C20H20N2O5/c1-4-15(22-16-8-6-5-7-13(16)18(23)20(22)25)19(24)21-14-11-12(26-2)9-10-17(14)27-3/h5-11,15H,4H2,1-3H3,(H,21,24). The SMILES string of the molecule is CCC(C(=O)Nc1cc(OC)ccc1OC)N1C(=O)C(=O)c2ccccc21. The normalized spacial score (nSPS) is 14.0. The van der Waals surface area contributed by atoms with Crippen molar-refractivity contribution in [2.45, 2.75) is 19.4 Å². The second kappa shape index (κ2) is 7.49. The topological polar surface area (TPSA) is 84.9 Å². The van der Waals surface area contributed by atoms with E-state index in [0.717, 1.165) is 0 Å². The van der Waals surface area contributed by atoms with Gasteiger partial charge in [0.05, 0.1) is 31.2 Å². The van der Waals surface area contributed by atoms with E-state index < -0.39 is 23.6 Å². The Bertz CT molecular complexity index is 909. The summed E-state index contributed by atoms with van der Waals surface area (Å²) in [7, 11) is 3.02. The van der Waals surface area contributed by atoms with Gasteiger partial charge < -0.3 is 14.8 Å². The lowest BCUT2D eigenvalue weighted by Crippen LogP contribution is -2.46. The van der Waals surface area contributed by atoms with E-state index in [1.54, 1.807) is 49.4 Å². The maximum atomic E-state index is 12.9. The molecule has 1 N–H and O–H groups in total. The average Bonchev–Trinajstić information content (AvgIpc) is 2.94. The van der Waals surface area contributed by atoms with Gasteiger partial charge in [0.2, 0.25) is 5.91 Å². The van der Waals surface area contributed by atoms with Gasteiger partial charge in [-0.3, -0.25) is 19.3 Å². The van der Waals surface area contributed by atoms with Crippen molar-refractivity contribution in [3.05, 3.63) is 48.0 Å². The van der Waals surface area contributed by atoms with Crippen LogP contribution in [0.4, 0.5) is 11.4 Å². The Labute approximate surface area is 156 Å². The van der Waals surface area contributed by atoms with Crippen molar-refractivity contribution in [1.82, 2.24) is 0 Å². The molecule has 27 heavy (non-hydrogen) atoms. The van der Waals surface area contributed by atoms with Crippen molar-refractivity contribution >= 4 is 29.0 Å². The molecule has 1 aliphatic rings. The van der Waals surface area contributed by atoms with E-state index in [1.165, 1.54) is 19.1 Å². The number of Topliss-reactive ketones (excluding diaryl/α,β-unsaturated/α-hetero) is 1. The van der Waals surface area contributed by atoms with Crippen LogP contribution in [0.25, 0.3) is 0 Å². The summed E-state index contributed by atoms with van der Waals surface area (Å²) >= 11 is 0. The average molecular weight is 368 g/mol. The molecule has 1 unspecified atom stereocenters. The lowest BCUT2D eigenvalue weighted by Gasteiger charge is -2.26. The fourth-order valence-electron chi connectivity index (χ4n) is 3.13. The number of anilines is 2. The van der Waals surface area contributed by atoms with Crippen LogP contribution >= 0.6 is 0 Å². The van der Waals surface area contributed by atoms with Crippen LogP contribution in [-0.2, 0) is 9.59 Å². The van der Waals surface area contributed by atoms with Gasteiger partial charge in [0.1, 0.15) is 17.5 Å². The van der Waals surface area contributed by atoms with Gasteiger partial charge in [-0.25, -0.2) is 0 Å². The Morgan fingerprint density at radius 3 is 2.52 bits per heavy atom. The van der Waals surface area contributed by atoms with Gasteiger partial charge in [-0.1, -0.05) is 19.1 Å². The molecule has 0 bridgehead atoms. The zero-order valence-corrected chi connectivity index (χ0v) is 15.3. The quantitative estimate of drug-likeness (QED) is 0.793. The summed E-state index contributed by atoms with van der Waals surface area (Å²) in [4.78, 5) is 38.9. The number of fused-ring (bicyclic) bond motifs is 1. The molecular weight excluding hydrogens is 348 g/mol. The summed E-state index contributed by atoms with van der Waals surface area (Å²) in [6.45, 7) is 1.78. The van der Waals surface area contributed by atoms with Crippen molar-refractivity contribution in [2.24, 2.45) is 0 Å². The highest BCUT2D eigenvalue weighted by Crippen LogP contribution is 2.33. The van der Waals surface area contributed by atoms with Gasteiger partial charge in [-0.2, -0.15) is 0 Å². The smallest absolute Gasteiger partial charge is 0.300 e. The first kappa shape index (κ1) is 18.4. The summed E-state index contributed by atoms with van der Waals surface area (Å²) in [6.07, 6.45) is 0.339. The number of rotatable bonds is 6. The molecule has 0 saturated heterocycles. The lowest BCUT2D eigenvalue weighted by molar-refractivity contribution is -0.121. The Morgan fingerprint density at radius 1 is 1.11 bits per heavy atom. The predicted molar refractivity (Wildman–Crippen MR) is 101 cm³/mol. The highest BCUT2D eigenvalue weighted by molar-refractivity contribution is 6.52. The van der Waals surface area contributed by atoms with Crippen molar-refractivity contribution in [3.63, 3.8) is 0 Å². The van der Waals surface area contributed by atoms with Gasteiger partial charge in [-0.15, -0.1) is 0 Å². The van der Waals surface area contributed by atoms with Crippen molar-refractivity contribution in [1.29, 1.82) is 0 Å². The number of hydrogen-bond donors (Lipinski definition) is 1. The summed E-state index contributed by atoms with van der Waals surface area (Å²) in [5, 5.41) is 2.78. The third kappa shape index (κ3) is 3.23. The largest absolute Gasteiger partial charge is 0.497 e. The van der Waals surface area contributed by atoms with E-state index >= 15 is 0 Å². The molecule has 0 aromatic heterocycles. The van der Waals surface area contributed by atoms with E-state index in [-0.39, 0.29) is 0 Å². The van der Waals surface area contributed by atoms with Gasteiger partial charge in [0.25, 0.3) is 11.7 Å². The van der Waals surface area contributed by atoms with Gasteiger partial charge >= 0.3 is 0 Å². The molecule has 3 rings (SSSR count). The third-order valence-corrected chi connectivity index (χ3v) is 4.49.